The molecule has 0 saturated carbocycles. The van der Waals surface area contributed by atoms with E-state index >= 15 is 0 Å². The van der Waals surface area contributed by atoms with Crippen LogP contribution in [0.5, 0.6) is 11.9 Å². The molecule has 0 unspecified atom stereocenters. The predicted octanol–water partition coefficient (Wildman–Crippen LogP) is 2.02. The van der Waals surface area contributed by atoms with E-state index in [1.54, 1.807) is 0 Å². The van der Waals surface area contributed by atoms with Crippen LogP contribution in [0.4, 0.5) is 14.5 Å². The number of rotatable bonds is 4. The summed E-state index contributed by atoms with van der Waals surface area (Å²) in [6, 6.07) is 2.70. The molecule has 0 aliphatic rings. The third kappa shape index (κ3) is 3.22. The molecule has 2 aromatic rings. The van der Waals surface area contributed by atoms with E-state index in [2.05, 4.69) is 15.3 Å². The van der Waals surface area contributed by atoms with Gasteiger partial charge in [0, 0.05) is 6.07 Å². The summed E-state index contributed by atoms with van der Waals surface area (Å²) in [5.74, 6) is -2.47. The lowest BCUT2D eigenvalue weighted by atomic mass is 10.2. The van der Waals surface area contributed by atoms with Crippen LogP contribution in [0.25, 0.3) is 0 Å². The molecule has 0 radical (unpaired) electrons. The number of ether oxygens (including phenoxy) is 2. The topological polar surface area (TPSA) is 73.3 Å². The third-order valence-electron chi connectivity index (χ3n) is 2.53. The summed E-state index contributed by atoms with van der Waals surface area (Å²) >= 11 is 0. The van der Waals surface area contributed by atoms with Crippen LogP contribution in [0.2, 0.25) is 0 Å². The molecule has 21 heavy (non-hydrogen) atoms. The van der Waals surface area contributed by atoms with Gasteiger partial charge in [0.1, 0.15) is 17.3 Å². The molecular formula is C13H11F2N3O3. The summed E-state index contributed by atoms with van der Waals surface area (Å²) in [5.41, 5.74) is -0.179. The predicted molar refractivity (Wildman–Crippen MR) is 69.4 cm³/mol. The molecule has 0 fully saturated rings. The van der Waals surface area contributed by atoms with Crippen LogP contribution >= 0.6 is 0 Å². The second-order valence-electron chi connectivity index (χ2n) is 3.86. The molecular weight excluding hydrogens is 284 g/mol. The van der Waals surface area contributed by atoms with Gasteiger partial charge < -0.3 is 14.8 Å². The SMILES string of the molecule is COc1ncc(NC(=O)c2ccc(F)cc2F)c(OC)n1. The van der Waals surface area contributed by atoms with Gasteiger partial charge in [0.15, 0.2) is 0 Å². The second kappa shape index (κ2) is 6.12. The van der Waals surface area contributed by atoms with Crippen LogP contribution in [0, 0.1) is 11.6 Å². The Labute approximate surface area is 118 Å². The first-order valence-corrected chi connectivity index (χ1v) is 5.76. The van der Waals surface area contributed by atoms with Crippen molar-refractivity contribution in [2.45, 2.75) is 0 Å². The lowest BCUT2D eigenvalue weighted by Crippen LogP contribution is -2.15. The molecule has 110 valence electrons. The molecule has 1 aromatic heterocycles. The first kappa shape index (κ1) is 14.6. The average Bonchev–Trinajstić information content (AvgIpc) is 2.47. The maximum Gasteiger partial charge on any atom is 0.319 e. The van der Waals surface area contributed by atoms with Crippen molar-refractivity contribution in [1.82, 2.24) is 9.97 Å². The van der Waals surface area contributed by atoms with Gasteiger partial charge in [0.05, 0.1) is 26.0 Å². The van der Waals surface area contributed by atoms with Crippen LogP contribution in [-0.2, 0) is 0 Å². The summed E-state index contributed by atoms with van der Waals surface area (Å²) < 4.78 is 36.1. The molecule has 0 aliphatic heterocycles. The zero-order chi connectivity index (χ0) is 15.4. The summed E-state index contributed by atoms with van der Waals surface area (Å²) in [7, 11) is 2.72. The summed E-state index contributed by atoms with van der Waals surface area (Å²) in [6.07, 6.45) is 1.25. The summed E-state index contributed by atoms with van der Waals surface area (Å²) in [4.78, 5) is 19.6. The number of aromatic nitrogens is 2. The highest BCUT2D eigenvalue weighted by Gasteiger charge is 2.16. The number of anilines is 1. The van der Waals surface area contributed by atoms with Gasteiger partial charge >= 0.3 is 6.01 Å². The quantitative estimate of drug-likeness (QED) is 0.934. The molecule has 2 rings (SSSR count). The Hall–Kier alpha value is -2.77. The van der Waals surface area contributed by atoms with Crippen LogP contribution in [0.3, 0.4) is 0 Å². The first-order chi connectivity index (χ1) is 10.0. The van der Waals surface area contributed by atoms with Crippen molar-refractivity contribution in [3.8, 4) is 11.9 Å². The molecule has 1 amide bonds. The zero-order valence-electron chi connectivity index (χ0n) is 11.2. The lowest BCUT2D eigenvalue weighted by Gasteiger charge is -2.10. The Morgan fingerprint density at radius 1 is 1.24 bits per heavy atom. The van der Waals surface area contributed by atoms with Crippen LogP contribution in [-0.4, -0.2) is 30.1 Å². The Kier molecular flexibility index (Phi) is 4.27. The van der Waals surface area contributed by atoms with E-state index < -0.39 is 17.5 Å². The molecule has 1 heterocycles. The third-order valence-corrected chi connectivity index (χ3v) is 2.53. The van der Waals surface area contributed by atoms with Gasteiger partial charge in [-0.3, -0.25) is 4.79 Å². The molecule has 0 bridgehead atoms. The van der Waals surface area contributed by atoms with Gasteiger partial charge in [-0.1, -0.05) is 0 Å². The average molecular weight is 295 g/mol. The first-order valence-electron chi connectivity index (χ1n) is 5.76. The van der Waals surface area contributed by atoms with Crippen molar-refractivity contribution in [3.05, 3.63) is 41.6 Å². The van der Waals surface area contributed by atoms with E-state index in [0.29, 0.717) is 6.07 Å². The van der Waals surface area contributed by atoms with Gasteiger partial charge in [-0.25, -0.2) is 13.8 Å². The summed E-state index contributed by atoms with van der Waals surface area (Å²) in [5, 5.41) is 2.38. The highest BCUT2D eigenvalue weighted by atomic mass is 19.1. The number of nitrogens with one attached hydrogen (secondary N) is 1. The van der Waals surface area contributed by atoms with E-state index in [1.807, 2.05) is 0 Å². The number of carbonyl (C=O) groups excluding carboxylic acids is 1. The highest BCUT2D eigenvalue weighted by Crippen LogP contribution is 2.23. The lowest BCUT2D eigenvalue weighted by molar-refractivity contribution is 0.102. The second-order valence-corrected chi connectivity index (χ2v) is 3.86. The van der Waals surface area contributed by atoms with Gasteiger partial charge in [0.25, 0.3) is 5.91 Å². The largest absolute Gasteiger partial charge is 0.479 e. The molecule has 0 atom stereocenters. The number of carbonyl (C=O) groups is 1. The van der Waals surface area contributed by atoms with Crippen molar-refractivity contribution >= 4 is 11.6 Å². The minimum atomic E-state index is -0.971. The Morgan fingerprint density at radius 3 is 2.62 bits per heavy atom. The van der Waals surface area contributed by atoms with Crippen molar-refractivity contribution in [2.24, 2.45) is 0 Å². The fraction of sp³-hybridized carbons (Fsp3) is 0.154. The summed E-state index contributed by atoms with van der Waals surface area (Å²) in [6.45, 7) is 0. The van der Waals surface area contributed by atoms with Crippen molar-refractivity contribution in [2.75, 3.05) is 19.5 Å². The van der Waals surface area contributed by atoms with E-state index in [4.69, 9.17) is 9.47 Å². The maximum absolute atomic E-state index is 13.5. The van der Waals surface area contributed by atoms with Crippen molar-refractivity contribution in [1.29, 1.82) is 0 Å². The molecule has 1 N–H and O–H groups in total. The normalized spacial score (nSPS) is 10.1. The molecule has 0 aliphatic carbocycles. The molecule has 1 aromatic carbocycles. The Bertz CT molecular complexity index is 680. The number of hydrogen-bond acceptors (Lipinski definition) is 5. The maximum atomic E-state index is 13.5. The van der Waals surface area contributed by atoms with Gasteiger partial charge in [-0.2, -0.15) is 4.98 Å². The van der Waals surface area contributed by atoms with Crippen LogP contribution in [0.1, 0.15) is 10.4 Å². The number of halogens is 2. The number of methoxy groups -OCH3 is 2. The smallest absolute Gasteiger partial charge is 0.319 e. The number of nitrogens with zero attached hydrogens (tertiary/aromatic N) is 2. The fourth-order valence-electron chi connectivity index (χ4n) is 1.55. The van der Waals surface area contributed by atoms with Crippen molar-refractivity contribution < 1.29 is 23.0 Å². The van der Waals surface area contributed by atoms with E-state index in [1.165, 1.54) is 20.4 Å². The number of benzene rings is 1. The molecule has 0 spiro atoms. The van der Waals surface area contributed by atoms with Crippen LogP contribution < -0.4 is 14.8 Å². The van der Waals surface area contributed by atoms with Gasteiger partial charge in [0.2, 0.25) is 5.88 Å². The molecule has 0 saturated heterocycles. The fourth-order valence-corrected chi connectivity index (χ4v) is 1.55. The van der Waals surface area contributed by atoms with Gasteiger partial charge in [-0.05, 0) is 12.1 Å². The van der Waals surface area contributed by atoms with E-state index in [0.717, 1.165) is 12.1 Å². The minimum Gasteiger partial charge on any atom is -0.479 e. The van der Waals surface area contributed by atoms with E-state index in [-0.39, 0.29) is 23.1 Å². The number of amides is 1. The molecule has 6 nitrogen and oxygen atoms in total. The molecule has 8 heteroatoms. The standard InChI is InChI=1S/C13H11F2N3O3/c1-20-12-10(6-16-13(18-12)21-2)17-11(19)8-4-3-7(14)5-9(8)15/h3-6H,1-2H3,(H,17,19). The Morgan fingerprint density at radius 2 is 2.00 bits per heavy atom. The van der Waals surface area contributed by atoms with Gasteiger partial charge in [-0.15, -0.1) is 0 Å². The van der Waals surface area contributed by atoms with Crippen LogP contribution in [0.15, 0.2) is 24.4 Å². The number of hydrogen-bond donors (Lipinski definition) is 1. The Balaban J connectivity index is 2.27. The van der Waals surface area contributed by atoms with E-state index in [9.17, 15) is 13.6 Å². The monoisotopic (exact) mass is 295 g/mol. The van der Waals surface area contributed by atoms with Crippen molar-refractivity contribution in [3.63, 3.8) is 0 Å². The zero-order valence-corrected chi connectivity index (χ0v) is 11.2. The highest BCUT2D eigenvalue weighted by molar-refractivity contribution is 6.04. The minimum absolute atomic E-state index is 0.0534.